The van der Waals surface area contributed by atoms with Gasteiger partial charge in [0, 0.05) is 25.4 Å². The third-order valence-electron chi connectivity index (χ3n) is 4.46. The number of furan rings is 1. The molecule has 1 aromatic carbocycles. The lowest BCUT2D eigenvalue weighted by molar-refractivity contribution is -0.115. The van der Waals surface area contributed by atoms with E-state index in [1.807, 2.05) is 0 Å². The number of carbonyl (C=O) groups excluding carboxylic acids is 2. The molecule has 0 radical (unpaired) electrons. The van der Waals surface area contributed by atoms with Crippen molar-refractivity contribution in [3.05, 3.63) is 72.1 Å². The molecule has 0 saturated carbocycles. The van der Waals surface area contributed by atoms with Gasteiger partial charge in [0.25, 0.3) is 5.91 Å². The molecule has 0 fully saturated rings. The summed E-state index contributed by atoms with van der Waals surface area (Å²) >= 11 is 0. The minimum Gasteiger partial charge on any atom is -0.463 e. The molecule has 2 amide bonds. The first-order valence-electron chi connectivity index (χ1n) is 8.87. The van der Waals surface area contributed by atoms with Crippen molar-refractivity contribution in [2.24, 2.45) is 7.05 Å². The molecule has 0 spiro atoms. The minimum atomic E-state index is -0.387. The molecule has 0 bridgehead atoms. The summed E-state index contributed by atoms with van der Waals surface area (Å²) < 4.78 is 21.8. The van der Waals surface area contributed by atoms with Crippen molar-refractivity contribution in [1.29, 1.82) is 0 Å². The van der Waals surface area contributed by atoms with Crippen molar-refractivity contribution < 1.29 is 18.4 Å². The predicted octanol–water partition coefficient (Wildman–Crippen LogP) is 2.52. The lowest BCUT2D eigenvalue weighted by Crippen LogP contribution is -2.33. The number of fused-ring (bicyclic) bond motifs is 1. The third kappa shape index (κ3) is 4.03. The Morgan fingerprint density at radius 2 is 2.10 bits per heavy atom. The molecular formula is C20H18FN5O3. The van der Waals surface area contributed by atoms with Gasteiger partial charge in [-0.25, -0.2) is 4.39 Å². The standard InChI is InChI=1S/C20H18FN5O3/c1-25-16-5-6-29-18(16)8-17(25)20(28)22-10-19(27)24-15-9-23-26(12-15)11-13-3-2-4-14(21)7-13/h2-9,12H,10-11H2,1H3,(H,22,28)(H,24,27). The maximum Gasteiger partial charge on any atom is 0.268 e. The molecule has 4 rings (SSSR count). The molecule has 0 unspecified atom stereocenters. The zero-order valence-electron chi connectivity index (χ0n) is 15.6. The van der Waals surface area contributed by atoms with Crippen molar-refractivity contribution in [3.63, 3.8) is 0 Å². The Labute approximate surface area is 164 Å². The van der Waals surface area contributed by atoms with Crippen LogP contribution in [0, 0.1) is 5.82 Å². The number of hydrogen-bond acceptors (Lipinski definition) is 4. The van der Waals surface area contributed by atoms with E-state index in [-0.39, 0.29) is 24.2 Å². The Bertz CT molecular complexity index is 1190. The normalized spacial score (nSPS) is 11.0. The number of aryl methyl sites for hydroxylation is 1. The monoisotopic (exact) mass is 395 g/mol. The second-order valence-electron chi connectivity index (χ2n) is 6.55. The van der Waals surface area contributed by atoms with E-state index < -0.39 is 0 Å². The van der Waals surface area contributed by atoms with Gasteiger partial charge in [0.05, 0.1) is 36.8 Å². The van der Waals surface area contributed by atoms with Crippen molar-refractivity contribution >= 4 is 28.6 Å². The highest BCUT2D eigenvalue weighted by atomic mass is 19.1. The van der Waals surface area contributed by atoms with Crippen molar-refractivity contribution in [2.75, 3.05) is 11.9 Å². The van der Waals surface area contributed by atoms with Crippen molar-refractivity contribution in [3.8, 4) is 0 Å². The number of nitrogens with zero attached hydrogens (tertiary/aromatic N) is 3. The predicted molar refractivity (Wildman–Crippen MR) is 104 cm³/mol. The fourth-order valence-electron chi connectivity index (χ4n) is 3.06. The molecule has 3 aromatic heterocycles. The van der Waals surface area contributed by atoms with E-state index in [1.54, 1.807) is 53.0 Å². The van der Waals surface area contributed by atoms with Crippen molar-refractivity contribution in [2.45, 2.75) is 6.54 Å². The molecule has 0 aliphatic carbocycles. The summed E-state index contributed by atoms with van der Waals surface area (Å²) in [5.74, 6) is -1.08. The second-order valence-corrected chi connectivity index (χ2v) is 6.55. The van der Waals surface area contributed by atoms with Gasteiger partial charge in [-0.2, -0.15) is 5.10 Å². The number of rotatable bonds is 6. The first kappa shape index (κ1) is 18.5. The average Bonchev–Trinajstić information content (AvgIpc) is 3.39. The van der Waals surface area contributed by atoms with Gasteiger partial charge in [0.2, 0.25) is 5.91 Å². The van der Waals surface area contributed by atoms with E-state index in [9.17, 15) is 14.0 Å². The Hall–Kier alpha value is -3.88. The molecule has 8 nitrogen and oxygen atoms in total. The van der Waals surface area contributed by atoms with Crippen LogP contribution >= 0.6 is 0 Å². The molecule has 0 saturated heterocycles. The molecule has 2 N–H and O–H groups in total. The van der Waals surface area contributed by atoms with E-state index in [4.69, 9.17) is 4.42 Å². The third-order valence-corrected chi connectivity index (χ3v) is 4.46. The first-order chi connectivity index (χ1) is 14.0. The number of amides is 2. The van der Waals surface area contributed by atoms with Gasteiger partial charge in [-0.1, -0.05) is 12.1 Å². The minimum absolute atomic E-state index is 0.194. The van der Waals surface area contributed by atoms with Gasteiger partial charge in [0.1, 0.15) is 11.5 Å². The molecule has 0 aliphatic heterocycles. The quantitative estimate of drug-likeness (QED) is 0.525. The molecule has 9 heteroatoms. The van der Waals surface area contributed by atoms with E-state index in [2.05, 4.69) is 15.7 Å². The van der Waals surface area contributed by atoms with E-state index in [0.29, 0.717) is 23.5 Å². The van der Waals surface area contributed by atoms with Crippen LogP contribution in [0.15, 0.2) is 59.5 Å². The summed E-state index contributed by atoms with van der Waals surface area (Å²) in [6.07, 6.45) is 4.68. The van der Waals surface area contributed by atoms with Gasteiger partial charge in [-0.05, 0) is 17.7 Å². The van der Waals surface area contributed by atoms with Crippen LogP contribution in [0.4, 0.5) is 10.1 Å². The van der Waals surface area contributed by atoms with Gasteiger partial charge >= 0.3 is 0 Å². The summed E-state index contributed by atoms with van der Waals surface area (Å²) in [7, 11) is 1.75. The number of hydrogen-bond donors (Lipinski definition) is 2. The van der Waals surface area contributed by atoms with Crippen LogP contribution in [0.3, 0.4) is 0 Å². The highest BCUT2D eigenvalue weighted by Gasteiger charge is 2.16. The molecular weight excluding hydrogens is 377 g/mol. The van der Waals surface area contributed by atoms with Crippen LogP contribution in [0.5, 0.6) is 0 Å². The maximum atomic E-state index is 13.3. The van der Waals surface area contributed by atoms with E-state index >= 15 is 0 Å². The summed E-state index contributed by atoms with van der Waals surface area (Å²) in [5.41, 5.74) is 3.04. The fraction of sp³-hybridized carbons (Fsp3) is 0.150. The molecule has 0 aliphatic rings. The van der Waals surface area contributed by atoms with Crippen LogP contribution in [0.1, 0.15) is 16.1 Å². The highest BCUT2D eigenvalue weighted by molar-refractivity contribution is 6.00. The lowest BCUT2D eigenvalue weighted by Gasteiger charge is -2.06. The number of halogens is 1. The summed E-state index contributed by atoms with van der Waals surface area (Å²) in [4.78, 5) is 24.5. The number of benzene rings is 1. The summed E-state index contributed by atoms with van der Waals surface area (Å²) in [6, 6.07) is 9.61. The topological polar surface area (TPSA) is 94.1 Å². The smallest absolute Gasteiger partial charge is 0.268 e. The van der Waals surface area contributed by atoms with Gasteiger partial charge in [-0.15, -0.1) is 0 Å². The van der Waals surface area contributed by atoms with Crippen LogP contribution in [0.25, 0.3) is 11.1 Å². The fourth-order valence-corrected chi connectivity index (χ4v) is 3.06. The number of aromatic nitrogens is 3. The molecule has 0 atom stereocenters. The zero-order valence-corrected chi connectivity index (χ0v) is 15.6. The van der Waals surface area contributed by atoms with Crippen LogP contribution in [0.2, 0.25) is 0 Å². The second kappa shape index (κ2) is 7.63. The maximum absolute atomic E-state index is 13.3. The Balaban J connectivity index is 1.31. The number of anilines is 1. The first-order valence-corrected chi connectivity index (χ1v) is 8.87. The molecule has 4 aromatic rings. The average molecular weight is 395 g/mol. The zero-order chi connectivity index (χ0) is 20.4. The van der Waals surface area contributed by atoms with E-state index in [0.717, 1.165) is 11.1 Å². The molecule has 3 heterocycles. The number of carbonyl (C=O) groups is 2. The summed E-state index contributed by atoms with van der Waals surface area (Å²) in [6.45, 7) is 0.180. The van der Waals surface area contributed by atoms with Gasteiger partial charge in [-0.3, -0.25) is 14.3 Å². The lowest BCUT2D eigenvalue weighted by atomic mass is 10.2. The van der Waals surface area contributed by atoms with Gasteiger partial charge in [0.15, 0.2) is 5.58 Å². The van der Waals surface area contributed by atoms with Crippen molar-refractivity contribution in [1.82, 2.24) is 19.7 Å². The van der Waals surface area contributed by atoms with E-state index in [1.165, 1.54) is 18.3 Å². The Morgan fingerprint density at radius 3 is 2.90 bits per heavy atom. The Kier molecular flexibility index (Phi) is 4.86. The SMILES string of the molecule is Cn1c(C(=O)NCC(=O)Nc2cnn(Cc3cccc(F)c3)c2)cc2occc21. The largest absolute Gasteiger partial charge is 0.463 e. The van der Waals surface area contributed by atoms with Crippen LogP contribution in [-0.4, -0.2) is 32.7 Å². The summed E-state index contributed by atoms with van der Waals surface area (Å²) in [5, 5.41) is 9.39. The van der Waals surface area contributed by atoms with Crippen LogP contribution in [-0.2, 0) is 18.4 Å². The number of nitrogens with one attached hydrogen (secondary N) is 2. The van der Waals surface area contributed by atoms with Crippen LogP contribution < -0.4 is 10.6 Å². The Morgan fingerprint density at radius 1 is 1.24 bits per heavy atom. The molecule has 148 valence electrons. The van der Waals surface area contributed by atoms with Gasteiger partial charge < -0.3 is 19.6 Å². The highest BCUT2D eigenvalue weighted by Crippen LogP contribution is 2.19. The molecule has 29 heavy (non-hydrogen) atoms.